The van der Waals surface area contributed by atoms with Gasteiger partial charge in [0, 0.05) is 19.1 Å². The lowest BCUT2D eigenvalue weighted by molar-refractivity contribution is 0.0673. The van der Waals surface area contributed by atoms with Crippen molar-refractivity contribution in [1.82, 2.24) is 25.4 Å². The van der Waals surface area contributed by atoms with Crippen molar-refractivity contribution < 1.29 is 4.79 Å². The lowest BCUT2D eigenvalue weighted by atomic mass is 9.90. The molecule has 2 rings (SSSR count). The van der Waals surface area contributed by atoms with E-state index in [1.807, 2.05) is 14.1 Å². The topological polar surface area (TPSA) is 73.9 Å². The average molecular weight is 251 g/mol. The van der Waals surface area contributed by atoms with Crippen LogP contribution in [0.25, 0.3) is 0 Å². The summed E-state index contributed by atoms with van der Waals surface area (Å²) in [6.07, 6.45) is 4.31. The summed E-state index contributed by atoms with van der Waals surface area (Å²) in [4.78, 5) is 18.0. The van der Waals surface area contributed by atoms with E-state index in [1.54, 1.807) is 11.8 Å². The monoisotopic (exact) mass is 251 g/mol. The van der Waals surface area contributed by atoms with E-state index in [9.17, 15) is 4.79 Å². The fourth-order valence-corrected chi connectivity index (χ4v) is 2.51. The molecule has 1 saturated carbocycles. The van der Waals surface area contributed by atoms with Crippen LogP contribution < -0.4 is 5.32 Å². The molecule has 1 aliphatic carbocycles. The molecule has 0 aliphatic heterocycles. The van der Waals surface area contributed by atoms with Gasteiger partial charge in [0.15, 0.2) is 0 Å². The van der Waals surface area contributed by atoms with Gasteiger partial charge in [-0.25, -0.2) is 4.98 Å². The van der Waals surface area contributed by atoms with Gasteiger partial charge in [0.05, 0.1) is 0 Å². The number of amides is 1. The highest BCUT2D eigenvalue weighted by atomic mass is 16.2. The summed E-state index contributed by atoms with van der Waals surface area (Å²) in [5.41, 5.74) is 0. The molecule has 0 saturated heterocycles. The lowest BCUT2D eigenvalue weighted by Crippen LogP contribution is -2.42. The van der Waals surface area contributed by atoms with Gasteiger partial charge in [0.25, 0.3) is 5.91 Å². The molecule has 1 amide bonds. The van der Waals surface area contributed by atoms with Crippen molar-refractivity contribution in [3.8, 4) is 0 Å². The molecular weight excluding hydrogens is 230 g/mol. The number of rotatable bonds is 3. The fraction of sp³-hybridized carbons (Fsp3) is 0.750. The highest BCUT2D eigenvalue weighted by Crippen LogP contribution is 2.22. The summed E-state index contributed by atoms with van der Waals surface area (Å²) >= 11 is 0. The van der Waals surface area contributed by atoms with Gasteiger partial charge in [-0.3, -0.25) is 9.89 Å². The van der Waals surface area contributed by atoms with Crippen LogP contribution in [0.5, 0.6) is 0 Å². The Morgan fingerprint density at radius 2 is 2.06 bits per heavy atom. The molecular formula is C12H21N5O. The smallest absolute Gasteiger partial charge is 0.293 e. The first-order valence-corrected chi connectivity index (χ1v) is 6.45. The number of H-pyrrole nitrogens is 1. The third kappa shape index (κ3) is 2.69. The van der Waals surface area contributed by atoms with Crippen molar-refractivity contribution in [1.29, 1.82) is 0 Å². The van der Waals surface area contributed by atoms with E-state index in [4.69, 9.17) is 0 Å². The quantitative estimate of drug-likeness (QED) is 0.830. The number of aromatic nitrogens is 3. The number of nitrogens with one attached hydrogen (secondary N) is 2. The van der Waals surface area contributed by atoms with Gasteiger partial charge < -0.3 is 10.2 Å². The second-order valence-corrected chi connectivity index (χ2v) is 4.95. The SMILES string of the molecule is CNC1CCC(N(C)C(=O)c2n[nH]c(C)n2)CC1. The summed E-state index contributed by atoms with van der Waals surface area (Å²) in [6.45, 7) is 1.79. The standard InChI is InChI=1S/C12H21N5O/c1-8-14-11(16-15-8)12(18)17(3)10-6-4-9(13-2)5-7-10/h9-10,13H,4-7H2,1-3H3,(H,14,15,16). The van der Waals surface area contributed by atoms with Gasteiger partial charge in [-0.05, 0) is 39.7 Å². The molecule has 0 bridgehead atoms. The van der Waals surface area contributed by atoms with E-state index in [2.05, 4.69) is 20.5 Å². The first kappa shape index (κ1) is 13.0. The molecule has 1 aliphatic rings. The molecule has 6 nitrogen and oxygen atoms in total. The zero-order valence-electron chi connectivity index (χ0n) is 11.2. The highest BCUT2D eigenvalue weighted by molar-refractivity contribution is 5.90. The second kappa shape index (κ2) is 5.48. The molecule has 6 heteroatoms. The molecule has 0 aromatic carbocycles. The summed E-state index contributed by atoms with van der Waals surface area (Å²) in [5, 5.41) is 9.92. The maximum Gasteiger partial charge on any atom is 0.293 e. The maximum absolute atomic E-state index is 12.2. The molecule has 0 unspecified atom stereocenters. The first-order valence-electron chi connectivity index (χ1n) is 6.45. The van der Waals surface area contributed by atoms with E-state index < -0.39 is 0 Å². The fourth-order valence-electron chi connectivity index (χ4n) is 2.51. The number of carbonyl (C=O) groups excluding carboxylic acids is 1. The van der Waals surface area contributed by atoms with Crippen molar-refractivity contribution >= 4 is 5.91 Å². The van der Waals surface area contributed by atoms with Crippen molar-refractivity contribution in [2.75, 3.05) is 14.1 Å². The van der Waals surface area contributed by atoms with Crippen molar-refractivity contribution in [2.24, 2.45) is 0 Å². The van der Waals surface area contributed by atoms with Gasteiger partial charge in [-0.15, -0.1) is 5.10 Å². The van der Waals surface area contributed by atoms with Crippen LogP contribution in [-0.4, -0.2) is 52.2 Å². The van der Waals surface area contributed by atoms with Gasteiger partial charge in [0.2, 0.25) is 5.82 Å². The Bertz CT molecular complexity index is 408. The predicted molar refractivity (Wildman–Crippen MR) is 68.3 cm³/mol. The Morgan fingerprint density at radius 3 is 2.56 bits per heavy atom. The summed E-state index contributed by atoms with van der Waals surface area (Å²) < 4.78 is 0. The number of aromatic amines is 1. The van der Waals surface area contributed by atoms with E-state index in [0.29, 0.717) is 17.9 Å². The molecule has 18 heavy (non-hydrogen) atoms. The van der Waals surface area contributed by atoms with Crippen LogP contribution in [0.2, 0.25) is 0 Å². The van der Waals surface area contributed by atoms with E-state index >= 15 is 0 Å². The van der Waals surface area contributed by atoms with Crippen LogP contribution in [0.4, 0.5) is 0 Å². The van der Waals surface area contributed by atoms with Crippen LogP contribution in [0.3, 0.4) is 0 Å². The van der Waals surface area contributed by atoms with Crippen LogP contribution in [0.15, 0.2) is 0 Å². The van der Waals surface area contributed by atoms with Crippen molar-refractivity contribution in [2.45, 2.75) is 44.7 Å². The summed E-state index contributed by atoms with van der Waals surface area (Å²) in [5.74, 6) is 0.851. The number of carbonyl (C=O) groups is 1. The third-order valence-corrected chi connectivity index (χ3v) is 3.76. The summed E-state index contributed by atoms with van der Waals surface area (Å²) in [7, 11) is 3.84. The second-order valence-electron chi connectivity index (χ2n) is 4.95. The maximum atomic E-state index is 12.2. The predicted octanol–water partition coefficient (Wildman–Crippen LogP) is 0.716. The average Bonchev–Trinajstić information content (AvgIpc) is 2.84. The molecule has 1 fully saturated rings. The van der Waals surface area contributed by atoms with Crippen molar-refractivity contribution in [3.63, 3.8) is 0 Å². The zero-order valence-corrected chi connectivity index (χ0v) is 11.2. The zero-order chi connectivity index (χ0) is 13.1. The molecule has 1 aromatic heterocycles. The number of aryl methyl sites for hydroxylation is 1. The van der Waals surface area contributed by atoms with Gasteiger partial charge in [-0.2, -0.15) is 0 Å². The minimum Gasteiger partial charge on any atom is -0.336 e. The Morgan fingerprint density at radius 1 is 1.39 bits per heavy atom. The van der Waals surface area contributed by atoms with Crippen LogP contribution in [0, 0.1) is 6.92 Å². The van der Waals surface area contributed by atoms with Gasteiger partial charge >= 0.3 is 0 Å². The number of hydrogen-bond donors (Lipinski definition) is 2. The Kier molecular flexibility index (Phi) is 3.96. The van der Waals surface area contributed by atoms with Crippen LogP contribution in [0.1, 0.15) is 42.1 Å². The molecule has 0 atom stereocenters. The Hall–Kier alpha value is -1.43. The third-order valence-electron chi connectivity index (χ3n) is 3.76. The molecule has 0 spiro atoms. The Balaban J connectivity index is 1.95. The minimum atomic E-state index is -0.0905. The van der Waals surface area contributed by atoms with E-state index in [-0.39, 0.29) is 11.7 Å². The first-order chi connectivity index (χ1) is 8.61. The van der Waals surface area contributed by atoms with Crippen LogP contribution in [-0.2, 0) is 0 Å². The van der Waals surface area contributed by atoms with Crippen molar-refractivity contribution in [3.05, 3.63) is 11.6 Å². The highest BCUT2D eigenvalue weighted by Gasteiger charge is 2.27. The van der Waals surface area contributed by atoms with Crippen LogP contribution >= 0.6 is 0 Å². The lowest BCUT2D eigenvalue weighted by Gasteiger charge is -2.34. The normalized spacial score (nSPS) is 23.9. The Labute approximate surface area is 107 Å². The minimum absolute atomic E-state index is 0.0905. The molecule has 2 N–H and O–H groups in total. The molecule has 100 valence electrons. The molecule has 1 heterocycles. The summed E-state index contributed by atoms with van der Waals surface area (Å²) in [6, 6.07) is 0.899. The largest absolute Gasteiger partial charge is 0.336 e. The molecule has 0 radical (unpaired) electrons. The van der Waals surface area contributed by atoms with E-state index in [0.717, 1.165) is 25.7 Å². The number of hydrogen-bond acceptors (Lipinski definition) is 4. The molecule has 1 aromatic rings. The van der Waals surface area contributed by atoms with E-state index in [1.165, 1.54) is 0 Å². The number of nitrogens with zero attached hydrogens (tertiary/aromatic N) is 3. The van der Waals surface area contributed by atoms with Gasteiger partial charge in [-0.1, -0.05) is 0 Å². The van der Waals surface area contributed by atoms with Gasteiger partial charge in [0.1, 0.15) is 5.82 Å².